The van der Waals surface area contributed by atoms with Gasteiger partial charge in [-0.05, 0) is 26.3 Å². The highest BCUT2D eigenvalue weighted by Gasteiger charge is 2.21. The van der Waals surface area contributed by atoms with Crippen molar-refractivity contribution in [3.8, 4) is 0 Å². The molecule has 0 fully saturated rings. The lowest BCUT2D eigenvalue weighted by Crippen LogP contribution is -2.40. The zero-order valence-corrected chi connectivity index (χ0v) is 11.9. The topological polar surface area (TPSA) is 39.7 Å². The van der Waals surface area contributed by atoms with E-state index in [1.807, 2.05) is 0 Å². The summed E-state index contributed by atoms with van der Waals surface area (Å²) >= 11 is 0. The molecule has 17 heavy (non-hydrogen) atoms. The molecule has 0 aliphatic rings. The fraction of sp³-hybridized carbons (Fsp3) is 1.00. The normalized spacial score (nSPS) is 14.8. The molecule has 0 amide bonds. The maximum absolute atomic E-state index is 5.91. The number of ether oxygens (including phenoxy) is 3. The molecule has 0 aliphatic carbocycles. The van der Waals surface area contributed by atoms with Gasteiger partial charge in [0.15, 0.2) is 0 Å². The molecule has 0 bridgehead atoms. The summed E-state index contributed by atoms with van der Waals surface area (Å²) in [6.45, 7) is 11.1. The molecule has 0 spiro atoms. The monoisotopic (exact) mass is 247 g/mol. The van der Waals surface area contributed by atoms with Crippen LogP contribution in [0.5, 0.6) is 0 Å². The van der Waals surface area contributed by atoms with Crippen LogP contribution in [0.25, 0.3) is 0 Å². The van der Waals surface area contributed by atoms with Gasteiger partial charge >= 0.3 is 0 Å². The number of rotatable bonds is 12. The van der Waals surface area contributed by atoms with Crippen LogP contribution in [0.4, 0.5) is 0 Å². The van der Waals surface area contributed by atoms with E-state index in [1.54, 1.807) is 7.11 Å². The molecule has 0 heterocycles. The highest BCUT2D eigenvalue weighted by atomic mass is 16.5. The first kappa shape index (κ1) is 16.8. The van der Waals surface area contributed by atoms with E-state index in [0.717, 1.165) is 39.1 Å². The first-order valence-corrected chi connectivity index (χ1v) is 6.60. The van der Waals surface area contributed by atoms with Gasteiger partial charge in [-0.25, -0.2) is 0 Å². The predicted molar refractivity (Wildman–Crippen MR) is 70.5 cm³/mol. The van der Waals surface area contributed by atoms with Gasteiger partial charge in [0.05, 0.1) is 18.8 Å². The maximum atomic E-state index is 5.91. The Bertz CT molecular complexity index is 167. The second-order valence-corrected chi connectivity index (χ2v) is 4.39. The van der Waals surface area contributed by atoms with E-state index < -0.39 is 0 Å². The van der Waals surface area contributed by atoms with Crippen molar-refractivity contribution in [2.45, 2.75) is 39.2 Å². The Morgan fingerprint density at radius 3 is 2.41 bits per heavy atom. The summed E-state index contributed by atoms with van der Waals surface area (Å²) < 4.78 is 16.2. The van der Waals surface area contributed by atoms with E-state index in [1.165, 1.54) is 0 Å². The Morgan fingerprint density at radius 2 is 1.82 bits per heavy atom. The molecular weight excluding hydrogens is 218 g/mol. The van der Waals surface area contributed by atoms with Crippen LogP contribution in [0.3, 0.4) is 0 Å². The van der Waals surface area contributed by atoms with Crippen LogP contribution in [-0.4, -0.2) is 52.2 Å². The predicted octanol–water partition coefficient (Wildman–Crippen LogP) is 1.83. The van der Waals surface area contributed by atoms with Crippen LogP contribution in [0.1, 0.15) is 33.6 Å². The van der Waals surface area contributed by atoms with Gasteiger partial charge in [-0.2, -0.15) is 0 Å². The number of hydrogen-bond donors (Lipinski definition) is 1. The second-order valence-electron chi connectivity index (χ2n) is 4.39. The van der Waals surface area contributed by atoms with Crippen molar-refractivity contribution < 1.29 is 14.2 Å². The quantitative estimate of drug-likeness (QED) is 0.534. The molecule has 0 radical (unpaired) electrons. The van der Waals surface area contributed by atoms with E-state index in [4.69, 9.17) is 14.2 Å². The fourth-order valence-electron chi connectivity index (χ4n) is 1.39. The van der Waals surface area contributed by atoms with Crippen molar-refractivity contribution in [1.82, 2.24) is 5.32 Å². The van der Waals surface area contributed by atoms with Gasteiger partial charge in [0, 0.05) is 26.9 Å². The molecule has 0 aromatic heterocycles. The second kappa shape index (κ2) is 11.0. The third-order valence-corrected chi connectivity index (χ3v) is 2.81. The molecular formula is C13H29NO3. The average molecular weight is 247 g/mol. The average Bonchev–Trinajstić information content (AvgIpc) is 2.35. The minimum atomic E-state index is -0.0530. The van der Waals surface area contributed by atoms with Crippen LogP contribution in [0.2, 0.25) is 0 Å². The summed E-state index contributed by atoms with van der Waals surface area (Å²) in [5.74, 6) is 0. The third kappa shape index (κ3) is 9.53. The first-order chi connectivity index (χ1) is 8.18. The molecule has 0 rings (SSSR count). The summed E-state index contributed by atoms with van der Waals surface area (Å²) in [6.07, 6.45) is 1.95. The smallest absolute Gasteiger partial charge is 0.0775 e. The number of methoxy groups -OCH3 is 1. The lowest BCUT2D eigenvalue weighted by atomic mass is 10.0. The molecule has 104 valence electrons. The Labute approximate surface area is 106 Å². The molecule has 4 heteroatoms. The van der Waals surface area contributed by atoms with E-state index in [2.05, 4.69) is 26.1 Å². The summed E-state index contributed by atoms with van der Waals surface area (Å²) in [6, 6.07) is 0. The largest absolute Gasteiger partial charge is 0.382 e. The lowest BCUT2D eigenvalue weighted by Gasteiger charge is -2.29. The standard InChI is InChI=1S/C13H29NO3/c1-5-13(3,12-14-6-2)17-9-7-8-16-11-10-15-4/h14H,5-12H2,1-4H3. The van der Waals surface area contributed by atoms with Crippen molar-refractivity contribution in [3.63, 3.8) is 0 Å². The van der Waals surface area contributed by atoms with Gasteiger partial charge in [-0.15, -0.1) is 0 Å². The summed E-state index contributed by atoms with van der Waals surface area (Å²) in [7, 11) is 1.68. The van der Waals surface area contributed by atoms with Crippen LogP contribution in [0, 0.1) is 0 Å². The maximum Gasteiger partial charge on any atom is 0.0775 e. The Kier molecular flexibility index (Phi) is 10.9. The van der Waals surface area contributed by atoms with Crippen molar-refractivity contribution in [2.75, 3.05) is 46.6 Å². The van der Waals surface area contributed by atoms with Gasteiger partial charge < -0.3 is 19.5 Å². The van der Waals surface area contributed by atoms with Crippen LogP contribution in [0.15, 0.2) is 0 Å². The van der Waals surface area contributed by atoms with Crippen molar-refractivity contribution in [3.05, 3.63) is 0 Å². The molecule has 0 aliphatic heterocycles. The summed E-state index contributed by atoms with van der Waals surface area (Å²) in [5, 5.41) is 3.34. The zero-order valence-electron chi connectivity index (χ0n) is 11.9. The molecule has 0 saturated heterocycles. The van der Waals surface area contributed by atoms with Gasteiger partial charge in [0.2, 0.25) is 0 Å². The highest BCUT2D eigenvalue weighted by molar-refractivity contribution is 4.75. The Hall–Kier alpha value is -0.160. The summed E-state index contributed by atoms with van der Waals surface area (Å²) in [4.78, 5) is 0. The van der Waals surface area contributed by atoms with Gasteiger partial charge in [-0.1, -0.05) is 13.8 Å². The lowest BCUT2D eigenvalue weighted by molar-refractivity contribution is -0.0422. The number of hydrogen-bond acceptors (Lipinski definition) is 4. The van der Waals surface area contributed by atoms with Crippen LogP contribution < -0.4 is 5.32 Å². The SMILES string of the molecule is CCNCC(C)(CC)OCCCOCCOC. The van der Waals surface area contributed by atoms with Crippen LogP contribution in [-0.2, 0) is 14.2 Å². The van der Waals surface area contributed by atoms with E-state index in [0.29, 0.717) is 13.2 Å². The molecule has 1 unspecified atom stereocenters. The van der Waals surface area contributed by atoms with Gasteiger partial charge in [0.1, 0.15) is 0 Å². The van der Waals surface area contributed by atoms with Crippen molar-refractivity contribution in [2.24, 2.45) is 0 Å². The molecule has 0 aromatic carbocycles. The molecule has 0 saturated carbocycles. The zero-order chi connectivity index (χ0) is 13.0. The highest BCUT2D eigenvalue weighted by Crippen LogP contribution is 2.14. The van der Waals surface area contributed by atoms with Crippen LogP contribution >= 0.6 is 0 Å². The third-order valence-electron chi connectivity index (χ3n) is 2.81. The van der Waals surface area contributed by atoms with Gasteiger partial charge in [0.25, 0.3) is 0 Å². The van der Waals surface area contributed by atoms with E-state index in [9.17, 15) is 0 Å². The van der Waals surface area contributed by atoms with E-state index in [-0.39, 0.29) is 5.60 Å². The number of likely N-dealkylation sites (N-methyl/N-ethyl adjacent to an activating group) is 1. The van der Waals surface area contributed by atoms with Gasteiger partial charge in [-0.3, -0.25) is 0 Å². The fourth-order valence-corrected chi connectivity index (χ4v) is 1.39. The van der Waals surface area contributed by atoms with Crippen molar-refractivity contribution >= 4 is 0 Å². The minimum absolute atomic E-state index is 0.0530. The molecule has 1 atom stereocenters. The minimum Gasteiger partial charge on any atom is -0.382 e. The molecule has 4 nitrogen and oxygen atoms in total. The first-order valence-electron chi connectivity index (χ1n) is 6.60. The van der Waals surface area contributed by atoms with Crippen molar-refractivity contribution in [1.29, 1.82) is 0 Å². The molecule has 0 aromatic rings. The number of nitrogens with one attached hydrogen (secondary N) is 1. The Balaban J connectivity index is 3.48. The summed E-state index contributed by atoms with van der Waals surface area (Å²) in [5.41, 5.74) is -0.0530. The Morgan fingerprint density at radius 1 is 1.06 bits per heavy atom. The molecule has 1 N–H and O–H groups in total. The van der Waals surface area contributed by atoms with E-state index >= 15 is 0 Å².